The highest BCUT2D eigenvalue weighted by Crippen LogP contribution is 2.19. The van der Waals surface area contributed by atoms with Crippen LogP contribution in [0, 0.1) is 11.4 Å². The SMILES string of the molecule is Cc1ccncc1-c1cc(=S)cc[nH]1. The number of H-pyrrole nitrogens is 1. The van der Waals surface area contributed by atoms with Crippen LogP contribution in [-0.2, 0) is 0 Å². The Morgan fingerprint density at radius 3 is 2.93 bits per heavy atom. The third-order valence-corrected chi connectivity index (χ3v) is 2.36. The third kappa shape index (κ3) is 1.72. The highest BCUT2D eigenvalue weighted by atomic mass is 32.1. The molecule has 2 aromatic heterocycles. The van der Waals surface area contributed by atoms with Gasteiger partial charge in [0.05, 0.1) is 0 Å². The minimum atomic E-state index is 0.835. The van der Waals surface area contributed by atoms with Crippen LogP contribution in [-0.4, -0.2) is 9.97 Å². The van der Waals surface area contributed by atoms with Gasteiger partial charge in [0, 0.05) is 34.4 Å². The van der Waals surface area contributed by atoms with Crippen molar-refractivity contribution in [3.8, 4) is 11.3 Å². The van der Waals surface area contributed by atoms with Crippen molar-refractivity contribution in [2.24, 2.45) is 0 Å². The summed E-state index contributed by atoms with van der Waals surface area (Å²) in [5.41, 5.74) is 3.30. The first kappa shape index (κ1) is 9.09. The van der Waals surface area contributed by atoms with E-state index in [1.807, 2.05) is 30.6 Å². The van der Waals surface area contributed by atoms with Crippen LogP contribution in [0.3, 0.4) is 0 Å². The van der Waals surface area contributed by atoms with Crippen LogP contribution in [0.1, 0.15) is 5.56 Å². The fraction of sp³-hybridized carbons (Fsp3) is 0.0909. The van der Waals surface area contributed by atoms with E-state index in [9.17, 15) is 0 Å². The lowest BCUT2D eigenvalue weighted by Gasteiger charge is -2.03. The van der Waals surface area contributed by atoms with E-state index in [4.69, 9.17) is 12.2 Å². The van der Waals surface area contributed by atoms with Gasteiger partial charge in [-0.1, -0.05) is 12.2 Å². The zero-order valence-corrected chi connectivity index (χ0v) is 8.64. The number of rotatable bonds is 1. The Kier molecular flexibility index (Phi) is 2.41. The first-order valence-corrected chi connectivity index (χ1v) is 4.78. The summed E-state index contributed by atoms with van der Waals surface area (Å²) in [4.78, 5) is 7.26. The Morgan fingerprint density at radius 2 is 2.21 bits per heavy atom. The number of hydrogen-bond acceptors (Lipinski definition) is 2. The molecule has 0 saturated carbocycles. The monoisotopic (exact) mass is 202 g/mol. The Hall–Kier alpha value is -1.48. The molecule has 1 N–H and O–H groups in total. The molecule has 0 aliphatic heterocycles. The second kappa shape index (κ2) is 3.72. The lowest BCUT2D eigenvalue weighted by Crippen LogP contribution is -1.87. The number of aromatic nitrogens is 2. The maximum absolute atomic E-state index is 5.10. The van der Waals surface area contributed by atoms with Crippen LogP contribution in [0.5, 0.6) is 0 Å². The second-order valence-corrected chi connectivity index (χ2v) is 3.60. The predicted molar refractivity (Wildman–Crippen MR) is 59.6 cm³/mol. The minimum Gasteiger partial charge on any atom is -0.361 e. The van der Waals surface area contributed by atoms with Gasteiger partial charge in [0.2, 0.25) is 0 Å². The first-order valence-electron chi connectivity index (χ1n) is 4.37. The van der Waals surface area contributed by atoms with Gasteiger partial charge < -0.3 is 4.98 Å². The molecule has 0 bridgehead atoms. The normalized spacial score (nSPS) is 10.1. The summed E-state index contributed by atoms with van der Waals surface area (Å²) in [7, 11) is 0. The van der Waals surface area contributed by atoms with Crippen LogP contribution in [0.15, 0.2) is 36.8 Å². The zero-order chi connectivity index (χ0) is 9.97. The molecule has 14 heavy (non-hydrogen) atoms. The van der Waals surface area contributed by atoms with Crippen LogP contribution < -0.4 is 0 Å². The Morgan fingerprint density at radius 1 is 1.36 bits per heavy atom. The van der Waals surface area contributed by atoms with Crippen LogP contribution >= 0.6 is 12.2 Å². The van der Waals surface area contributed by atoms with Gasteiger partial charge in [-0.15, -0.1) is 0 Å². The van der Waals surface area contributed by atoms with Crippen LogP contribution in [0.25, 0.3) is 11.3 Å². The average Bonchev–Trinajstić information content (AvgIpc) is 2.18. The van der Waals surface area contributed by atoms with Gasteiger partial charge >= 0.3 is 0 Å². The smallest absolute Gasteiger partial charge is 0.0486 e. The summed E-state index contributed by atoms with van der Waals surface area (Å²) in [5.74, 6) is 0. The van der Waals surface area contributed by atoms with Gasteiger partial charge in [-0.05, 0) is 30.7 Å². The Balaban J connectivity index is 2.61. The molecule has 0 unspecified atom stereocenters. The van der Waals surface area contributed by atoms with Crippen molar-refractivity contribution in [1.29, 1.82) is 0 Å². The number of pyridine rings is 2. The molecule has 0 saturated heterocycles. The molecule has 0 spiro atoms. The molecule has 0 atom stereocenters. The number of nitrogens with zero attached hydrogens (tertiary/aromatic N) is 1. The molecule has 2 aromatic rings. The summed E-state index contributed by atoms with van der Waals surface area (Å²) >= 11 is 5.10. The van der Waals surface area contributed by atoms with Crippen LogP contribution in [0.2, 0.25) is 0 Å². The van der Waals surface area contributed by atoms with E-state index >= 15 is 0 Å². The maximum atomic E-state index is 5.10. The first-order chi connectivity index (χ1) is 6.77. The second-order valence-electron chi connectivity index (χ2n) is 3.13. The van der Waals surface area contributed by atoms with Crippen LogP contribution in [0.4, 0.5) is 0 Å². The number of aromatic amines is 1. The van der Waals surface area contributed by atoms with E-state index in [2.05, 4.69) is 16.9 Å². The summed E-state index contributed by atoms with van der Waals surface area (Å²) < 4.78 is 0.835. The highest BCUT2D eigenvalue weighted by Gasteiger charge is 2.00. The summed E-state index contributed by atoms with van der Waals surface area (Å²) in [5, 5.41) is 0. The molecule has 0 aliphatic rings. The lowest BCUT2D eigenvalue weighted by molar-refractivity contribution is 1.24. The molecule has 2 nitrogen and oxygen atoms in total. The molecular weight excluding hydrogens is 192 g/mol. The van der Waals surface area contributed by atoms with Crippen molar-refractivity contribution < 1.29 is 0 Å². The van der Waals surface area contributed by atoms with Gasteiger partial charge in [-0.3, -0.25) is 4.98 Å². The molecule has 0 aliphatic carbocycles. The Labute approximate surface area is 87.7 Å². The van der Waals surface area contributed by atoms with E-state index < -0.39 is 0 Å². The van der Waals surface area contributed by atoms with Crippen molar-refractivity contribution in [3.05, 3.63) is 46.9 Å². The van der Waals surface area contributed by atoms with Gasteiger partial charge in [0.1, 0.15) is 0 Å². The van der Waals surface area contributed by atoms with E-state index in [0.29, 0.717) is 0 Å². The van der Waals surface area contributed by atoms with Crippen molar-refractivity contribution in [2.75, 3.05) is 0 Å². The number of nitrogens with one attached hydrogen (secondary N) is 1. The van der Waals surface area contributed by atoms with Crippen molar-refractivity contribution >= 4 is 12.2 Å². The van der Waals surface area contributed by atoms with Crippen molar-refractivity contribution in [2.45, 2.75) is 6.92 Å². The molecule has 0 radical (unpaired) electrons. The molecule has 0 amide bonds. The summed E-state index contributed by atoms with van der Waals surface area (Å²) in [6.07, 6.45) is 5.48. The third-order valence-electron chi connectivity index (χ3n) is 2.10. The van der Waals surface area contributed by atoms with Gasteiger partial charge in [0.25, 0.3) is 0 Å². The highest BCUT2D eigenvalue weighted by molar-refractivity contribution is 7.71. The molecule has 0 fully saturated rings. The van der Waals surface area contributed by atoms with Gasteiger partial charge in [-0.25, -0.2) is 0 Å². The lowest BCUT2D eigenvalue weighted by atomic mass is 10.1. The number of hydrogen-bond donors (Lipinski definition) is 1. The molecular formula is C11H10N2S. The van der Waals surface area contributed by atoms with Gasteiger partial charge in [0.15, 0.2) is 0 Å². The molecule has 3 heteroatoms. The quantitative estimate of drug-likeness (QED) is 0.720. The van der Waals surface area contributed by atoms with E-state index in [1.165, 1.54) is 5.56 Å². The van der Waals surface area contributed by atoms with Crippen molar-refractivity contribution in [3.63, 3.8) is 0 Å². The zero-order valence-electron chi connectivity index (χ0n) is 7.82. The van der Waals surface area contributed by atoms with E-state index in [-0.39, 0.29) is 0 Å². The molecule has 2 heterocycles. The Bertz CT molecular complexity index is 502. The standard InChI is InChI=1S/C11H10N2S/c1-8-2-4-12-7-10(8)11-6-9(14)3-5-13-11/h2-7H,1H3,(H,13,14). The maximum Gasteiger partial charge on any atom is 0.0486 e. The average molecular weight is 202 g/mol. The number of aryl methyl sites for hydroxylation is 1. The predicted octanol–water partition coefficient (Wildman–Crippen LogP) is 3.11. The summed E-state index contributed by atoms with van der Waals surface area (Å²) in [6, 6.07) is 5.79. The molecule has 0 aromatic carbocycles. The molecule has 2 rings (SSSR count). The van der Waals surface area contributed by atoms with Gasteiger partial charge in [-0.2, -0.15) is 0 Å². The minimum absolute atomic E-state index is 0.835. The van der Waals surface area contributed by atoms with Crippen molar-refractivity contribution in [1.82, 2.24) is 9.97 Å². The molecule has 70 valence electrons. The fourth-order valence-electron chi connectivity index (χ4n) is 1.35. The fourth-order valence-corrected chi connectivity index (χ4v) is 1.53. The van der Waals surface area contributed by atoms with E-state index in [1.54, 1.807) is 6.20 Å². The largest absolute Gasteiger partial charge is 0.361 e. The summed E-state index contributed by atoms with van der Waals surface area (Å²) in [6.45, 7) is 2.06. The topological polar surface area (TPSA) is 28.7 Å². The van der Waals surface area contributed by atoms with E-state index in [0.717, 1.165) is 15.8 Å².